The molecule has 1 rings (SSSR count). The predicted octanol–water partition coefficient (Wildman–Crippen LogP) is 1.20. The normalized spacial score (nSPS) is 31.4. The van der Waals surface area contributed by atoms with Gasteiger partial charge in [0.25, 0.3) is 0 Å². The first kappa shape index (κ1) is 8.65. The summed E-state index contributed by atoms with van der Waals surface area (Å²) in [6.45, 7) is 0. The van der Waals surface area contributed by atoms with E-state index in [0.717, 1.165) is 25.7 Å². The Morgan fingerprint density at radius 3 is 2.36 bits per heavy atom. The molecule has 64 valence electrons. The van der Waals surface area contributed by atoms with Gasteiger partial charge >= 0.3 is 6.03 Å². The molecule has 3 nitrogen and oxygen atoms in total. The summed E-state index contributed by atoms with van der Waals surface area (Å²) in [6, 6.07) is -0.175. The average Bonchev–Trinajstić information content (AvgIpc) is 1.93. The number of nitrogens with two attached hydrogens (primary N) is 1. The predicted molar refractivity (Wildman–Crippen MR) is 44.6 cm³/mol. The summed E-state index contributed by atoms with van der Waals surface area (Å²) >= 11 is 5.87. The fourth-order valence-electron chi connectivity index (χ4n) is 1.40. The van der Waals surface area contributed by atoms with Gasteiger partial charge < -0.3 is 11.1 Å². The Balaban J connectivity index is 2.22. The number of nitrogens with one attached hydrogen (secondary N) is 1. The van der Waals surface area contributed by atoms with E-state index >= 15 is 0 Å². The van der Waals surface area contributed by atoms with E-state index in [-0.39, 0.29) is 6.04 Å². The Bertz CT molecular complexity index is 143. The van der Waals surface area contributed by atoms with Crippen LogP contribution in [0.4, 0.5) is 4.79 Å². The fourth-order valence-corrected chi connectivity index (χ4v) is 1.65. The highest BCUT2D eigenvalue weighted by Gasteiger charge is 2.19. The van der Waals surface area contributed by atoms with Crippen LogP contribution in [0.5, 0.6) is 0 Å². The summed E-state index contributed by atoms with van der Waals surface area (Å²) in [4.78, 5) is 10.4. The Kier molecular flexibility index (Phi) is 3.00. The lowest BCUT2D eigenvalue weighted by Gasteiger charge is -2.24. The minimum Gasteiger partial charge on any atom is -0.352 e. The van der Waals surface area contributed by atoms with Crippen molar-refractivity contribution in [1.29, 1.82) is 0 Å². The summed E-state index contributed by atoms with van der Waals surface area (Å²) in [5.74, 6) is 0. The van der Waals surface area contributed by atoms with Crippen LogP contribution < -0.4 is 11.1 Å². The van der Waals surface area contributed by atoms with Gasteiger partial charge in [0.15, 0.2) is 0 Å². The molecule has 0 heterocycles. The van der Waals surface area contributed by atoms with Crippen molar-refractivity contribution in [2.75, 3.05) is 0 Å². The summed E-state index contributed by atoms with van der Waals surface area (Å²) in [5.41, 5.74) is 4.97. The number of primary amides is 1. The zero-order chi connectivity index (χ0) is 8.27. The number of urea groups is 1. The van der Waals surface area contributed by atoms with Crippen molar-refractivity contribution in [3.8, 4) is 0 Å². The van der Waals surface area contributed by atoms with Gasteiger partial charge in [-0.1, -0.05) is 0 Å². The van der Waals surface area contributed by atoms with Gasteiger partial charge in [0, 0.05) is 11.4 Å². The van der Waals surface area contributed by atoms with Gasteiger partial charge in [-0.2, -0.15) is 0 Å². The summed E-state index contributed by atoms with van der Waals surface area (Å²) in [5, 5.41) is 2.97. The molecule has 0 radical (unpaired) electrons. The van der Waals surface area contributed by atoms with Crippen molar-refractivity contribution in [1.82, 2.24) is 5.32 Å². The van der Waals surface area contributed by atoms with Gasteiger partial charge in [-0.05, 0) is 25.7 Å². The lowest BCUT2D eigenvalue weighted by Crippen LogP contribution is -2.40. The molecule has 0 aliphatic heterocycles. The van der Waals surface area contributed by atoms with Crippen LogP contribution >= 0.6 is 11.6 Å². The highest BCUT2D eigenvalue weighted by atomic mass is 35.5. The van der Waals surface area contributed by atoms with E-state index in [9.17, 15) is 4.79 Å². The largest absolute Gasteiger partial charge is 0.352 e. The van der Waals surface area contributed by atoms with Crippen molar-refractivity contribution in [3.63, 3.8) is 0 Å². The van der Waals surface area contributed by atoms with Gasteiger partial charge in [0.2, 0.25) is 0 Å². The van der Waals surface area contributed by atoms with Crippen LogP contribution in [0.3, 0.4) is 0 Å². The van der Waals surface area contributed by atoms with Crippen LogP contribution in [0, 0.1) is 0 Å². The molecule has 0 saturated heterocycles. The smallest absolute Gasteiger partial charge is 0.312 e. The molecule has 0 bridgehead atoms. The topological polar surface area (TPSA) is 55.1 Å². The van der Waals surface area contributed by atoms with Gasteiger partial charge in [-0.15, -0.1) is 11.6 Å². The molecular formula is C7H13ClN2O. The van der Waals surface area contributed by atoms with E-state index in [0.29, 0.717) is 5.38 Å². The van der Waals surface area contributed by atoms with Crippen molar-refractivity contribution in [2.45, 2.75) is 37.1 Å². The third-order valence-corrected chi connectivity index (χ3v) is 2.44. The number of hydrogen-bond donors (Lipinski definition) is 2. The maximum atomic E-state index is 10.4. The first-order valence-electron chi connectivity index (χ1n) is 3.88. The minimum absolute atomic E-state index is 0.252. The molecule has 0 aromatic rings. The van der Waals surface area contributed by atoms with E-state index in [1.165, 1.54) is 0 Å². The first-order valence-corrected chi connectivity index (χ1v) is 4.32. The Morgan fingerprint density at radius 1 is 1.36 bits per heavy atom. The molecule has 0 aromatic carbocycles. The van der Waals surface area contributed by atoms with E-state index in [4.69, 9.17) is 17.3 Å². The number of alkyl halides is 1. The van der Waals surface area contributed by atoms with Crippen molar-refractivity contribution in [2.24, 2.45) is 5.73 Å². The lowest BCUT2D eigenvalue weighted by atomic mass is 9.95. The lowest BCUT2D eigenvalue weighted by molar-refractivity contribution is 0.241. The van der Waals surface area contributed by atoms with Crippen LogP contribution in [0.15, 0.2) is 0 Å². The van der Waals surface area contributed by atoms with E-state index in [2.05, 4.69) is 5.32 Å². The molecule has 11 heavy (non-hydrogen) atoms. The molecule has 2 amide bonds. The molecule has 4 heteroatoms. The second kappa shape index (κ2) is 3.81. The Hall–Kier alpha value is -0.440. The van der Waals surface area contributed by atoms with Crippen LogP contribution in [0.1, 0.15) is 25.7 Å². The van der Waals surface area contributed by atoms with E-state index in [1.54, 1.807) is 0 Å². The number of rotatable bonds is 1. The molecule has 1 aliphatic rings. The third kappa shape index (κ3) is 2.97. The van der Waals surface area contributed by atoms with Crippen LogP contribution in [0.2, 0.25) is 0 Å². The second-order valence-corrected chi connectivity index (χ2v) is 3.57. The number of amides is 2. The van der Waals surface area contributed by atoms with Crippen LogP contribution in [0.25, 0.3) is 0 Å². The van der Waals surface area contributed by atoms with Gasteiger partial charge in [0.1, 0.15) is 0 Å². The second-order valence-electron chi connectivity index (χ2n) is 2.96. The highest BCUT2D eigenvalue weighted by Crippen LogP contribution is 2.22. The zero-order valence-corrected chi connectivity index (χ0v) is 7.10. The standard InChI is InChI=1S/C7H13ClN2O/c8-5-1-3-6(4-2-5)10-7(9)11/h5-6H,1-4H2,(H3,9,10,11). The maximum absolute atomic E-state index is 10.4. The van der Waals surface area contributed by atoms with Gasteiger partial charge in [0.05, 0.1) is 0 Å². The molecule has 0 aromatic heterocycles. The molecule has 1 aliphatic carbocycles. The molecule has 0 unspecified atom stereocenters. The van der Waals surface area contributed by atoms with Crippen LogP contribution in [-0.4, -0.2) is 17.5 Å². The summed E-state index contributed by atoms with van der Waals surface area (Å²) in [7, 11) is 0. The molecule has 0 spiro atoms. The summed E-state index contributed by atoms with van der Waals surface area (Å²) in [6.07, 6.45) is 3.87. The van der Waals surface area contributed by atoms with Crippen molar-refractivity contribution >= 4 is 17.6 Å². The third-order valence-electron chi connectivity index (χ3n) is 2.00. The average molecular weight is 177 g/mol. The molecule has 0 atom stereocenters. The Labute approximate surface area is 71.3 Å². The maximum Gasteiger partial charge on any atom is 0.312 e. The molecule has 1 fully saturated rings. The van der Waals surface area contributed by atoms with Gasteiger partial charge in [-0.3, -0.25) is 0 Å². The molecule has 1 saturated carbocycles. The van der Waals surface area contributed by atoms with E-state index < -0.39 is 6.03 Å². The monoisotopic (exact) mass is 176 g/mol. The number of hydrogen-bond acceptors (Lipinski definition) is 1. The minimum atomic E-state index is -0.428. The highest BCUT2D eigenvalue weighted by molar-refractivity contribution is 6.20. The first-order chi connectivity index (χ1) is 5.18. The fraction of sp³-hybridized carbons (Fsp3) is 0.857. The molecule has 3 N–H and O–H groups in total. The summed E-state index contributed by atoms with van der Waals surface area (Å²) < 4.78 is 0. The van der Waals surface area contributed by atoms with Gasteiger partial charge in [-0.25, -0.2) is 4.79 Å². The SMILES string of the molecule is NC(=O)NC1CCC(Cl)CC1. The number of carbonyl (C=O) groups excluding carboxylic acids is 1. The quantitative estimate of drug-likeness (QED) is 0.580. The van der Waals surface area contributed by atoms with Crippen molar-refractivity contribution in [3.05, 3.63) is 0 Å². The number of halogens is 1. The van der Waals surface area contributed by atoms with E-state index in [1.807, 2.05) is 0 Å². The van der Waals surface area contributed by atoms with Crippen molar-refractivity contribution < 1.29 is 4.79 Å². The zero-order valence-electron chi connectivity index (χ0n) is 6.35. The number of carbonyl (C=O) groups is 1. The Morgan fingerprint density at radius 2 is 1.91 bits per heavy atom. The molecular weight excluding hydrogens is 164 g/mol. The van der Waals surface area contributed by atoms with Crippen LogP contribution in [-0.2, 0) is 0 Å².